The number of nitrogens with one attached hydrogen (secondary N) is 2. The van der Waals surface area contributed by atoms with Gasteiger partial charge in [-0.15, -0.1) is 0 Å². The molecule has 0 aliphatic rings. The number of aromatic amines is 1. The Hall–Kier alpha value is -3.94. The predicted octanol–water partition coefficient (Wildman–Crippen LogP) is 5.46. The van der Waals surface area contributed by atoms with Crippen LogP contribution in [0.25, 0.3) is 28.1 Å². The molecule has 0 radical (unpaired) electrons. The van der Waals surface area contributed by atoms with Crippen molar-refractivity contribution in [3.63, 3.8) is 0 Å². The fourth-order valence-corrected chi connectivity index (χ4v) is 3.27. The third-order valence-electron chi connectivity index (χ3n) is 4.72. The summed E-state index contributed by atoms with van der Waals surface area (Å²) in [5.41, 5.74) is 2.89. The molecule has 8 heteroatoms. The molecule has 0 bridgehead atoms. The van der Waals surface area contributed by atoms with E-state index in [1.807, 2.05) is 0 Å². The topological polar surface area (TPSA) is 53.6 Å². The number of nitrogens with zero attached hydrogens (tertiary/aromatic N) is 2. The van der Waals surface area contributed by atoms with Crippen molar-refractivity contribution in [2.75, 3.05) is 0 Å². The molecule has 4 aromatic rings. The van der Waals surface area contributed by atoms with Gasteiger partial charge in [0.15, 0.2) is 0 Å². The van der Waals surface area contributed by atoms with Crippen LogP contribution < -0.4 is 5.32 Å². The average Bonchev–Trinajstić information content (AvgIpc) is 3.16. The van der Waals surface area contributed by atoms with Crippen molar-refractivity contribution in [1.82, 2.24) is 20.5 Å². The summed E-state index contributed by atoms with van der Waals surface area (Å²) in [5, 5.41) is 10.1. The van der Waals surface area contributed by atoms with Gasteiger partial charge in [0.2, 0.25) is 0 Å². The summed E-state index contributed by atoms with van der Waals surface area (Å²) >= 11 is 0. The highest BCUT2D eigenvalue weighted by Gasteiger charge is 2.19. The van der Waals surface area contributed by atoms with Crippen molar-refractivity contribution in [3.05, 3.63) is 102 Å². The molecule has 2 aromatic heterocycles. The Kier molecular flexibility index (Phi) is 5.53. The molecule has 0 saturated heterocycles. The smallest absolute Gasteiger partial charge is 0.138 e. The molecule has 0 aliphatic heterocycles. The zero-order chi connectivity index (χ0) is 22.0. The third-order valence-corrected chi connectivity index (χ3v) is 4.72. The van der Waals surface area contributed by atoms with Crippen LogP contribution in [0.4, 0.5) is 17.6 Å². The monoisotopic (exact) mass is 424 g/mol. The van der Waals surface area contributed by atoms with Gasteiger partial charge in [0.25, 0.3) is 0 Å². The molecular weight excluding hydrogens is 408 g/mol. The molecule has 156 valence electrons. The van der Waals surface area contributed by atoms with Crippen molar-refractivity contribution >= 4 is 5.70 Å². The first-order chi connectivity index (χ1) is 14.9. The molecule has 0 amide bonds. The molecule has 4 rings (SSSR count). The Morgan fingerprint density at radius 2 is 1.52 bits per heavy atom. The van der Waals surface area contributed by atoms with Gasteiger partial charge in [0.1, 0.15) is 29.0 Å². The lowest BCUT2D eigenvalue weighted by Gasteiger charge is -2.12. The zero-order valence-electron chi connectivity index (χ0n) is 16.1. The van der Waals surface area contributed by atoms with E-state index in [1.165, 1.54) is 12.1 Å². The molecule has 0 saturated carbocycles. The number of aromatic nitrogens is 3. The lowest BCUT2D eigenvalue weighted by Crippen LogP contribution is -2.14. The highest BCUT2D eigenvalue weighted by molar-refractivity contribution is 5.82. The Morgan fingerprint density at radius 3 is 2.16 bits per heavy atom. The first-order valence-corrected chi connectivity index (χ1v) is 9.25. The summed E-state index contributed by atoms with van der Waals surface area (Å²) < 4.78 is 54.6. The molecule has 0 unspecified atom stereocenters. The van der Waals surface area contributed by atoms with Crippen LogP contribution in [0.2, 0.25) is 0 Å². The summed E-state index contributed by atoms with van der Waals surface area (Å²) in [6.45, 7) is 3.77. The predicted molar refractivity (Wildman–Crippen MR) is 109 cm³/mol. The van der Waals surface area contributed by atoms with Gasteiger partial charge in [0.05, 0.1) is 17.8 Å². The summed E-state index contributed by atoms with van der Waals surface area (Å²) in [7, 11) is 0. The van der Waals surface area contributed by atoms with E-state index in [1.54, 1.807) is 36.7 Å². The maximum Gasteiger partial charge on any atom is 0.138 e. The third kappa shape index (κ3) is 4.18. The van der Waals surface area contributed by atoms with Crippen LogP contribution in [-0.4, -0.2) is 15.2 Å². The van der Waals surface area contributed by atoms with Gasteiger partial charge in [0, 0.05) is 41.4 Å². The minimum atomic E-state index is -1.05. The first-order valence-electron chi connectivity index (χ1n) is 9.25. The SMILES string of the molecule is C=C(NCc1[nH]nc(-c2ccc(F)cc2)c1-c1ccncc1)c1c(F)cc(F)cc1F. The van der Waals surface area contributed by atoms with E-state index in [4.69, 9.17) is 0 Å². The normalized spacial score (nSPS) is 10.8. The number of benzene rings is 2. The molecule has 0 spiro atoms. The van der Waals surface area contributed by atoms with Gasteiger partial charge in [-0.2, -0.15) is 5.10 Å². The molecule has 2 aromatic carbocycles. The van der Waals surface area contributed by atoms with E-state index in [-0.39, 0.29) is 18.1 Å². The van der Waals surface area contributed by atoms with Crippen LogP contribution in [0.1, 0.15) is 11.3 Å². The molecule has 31 heavy (non-hydrogen) atoms. The molecule has 4 nitrogen and oxygen atoms in total. The Balaban J connectivity index is 1.68. The summed E-state index contributed by atoms with van der Waals surface area (Å²) in [5.74, 6) is -3.49. The second kappa shape index (κ2) is 8.43. The highest BCUT2D eigenvalue weighted by atomic mass is 19.1. The molecule has 0 aliphatic carbocycles. The van der Waals surface area contributed by atoms with Crippen LogP contribution in [0, 0.1) is 23.3 Å². The number of hydrogen-bond acceptors (Lipinski definition) is 3. The largest absolute Gasteiger partial charge is 0.379 e. The fourth-order valence-electron chi connectivity index (χ4n) is 3.27. The Morgan fingerprint density at radius 1 is 0.871 bits per heavy atom. The first kappa shape index (κ1) is 20.3. The van der Waals surface area contributed by atoms with Gasteiger partial charge in [-0.05, 0) is 42.0 Å². The summed E-state index contributed by atoms with van der Waals surface area (Å²) in [6, 6.07) is 10.6. The van der Waals surface area contributed by atoms with Gasteiger partial charge in [-0.25, -0.2) is 17.6 Å². The standard InChI is InChI=1S/C23H16F4N4/c1-13(21-18(26)10-17(25)11-19(21)27)29-12-20-22(14-6-8-28-9-7-14)23(31-30-20)15-2-4-16(24)5-3-15/h2-11,29H,1,12H2,(H,30,31). The summed E-state index contributed by atoms with van der Waals surface area (Å²) in [6.07, 6.45) is 3.24. The van der Waals surface area contributed by atoms with E-state index in [0.717, 1.165) is 5.56 Å². The van der Waals surface area contributed by atoms with Gasteiger partial charge >= 0.3 is 0 Å². The number of halogens is 4. The number of hydrogen-bond donors (Lipinski definition) is 2. The van der Waals surface area contributed by atoms with E-state index in [0.29, 0.717) is 34.6 Å². The van der Waals surface area contributed by atoms with E-state index in [2.05, 4.69) is 27.1 Å². The Bertz CT molecular complexity index is 1210. The highest BCUT2D eigenvalue weighted by Crippen LogP contribution is 2.33. The average molecular weight is 424 g/mol. The molecule has 2 N–H and O–H groups in total. The van der Waals surface area contributed by atoms with Crippen molar-refractivity contribution < 1.29 is 17.6 Å². The van der Waals surface area contributed by atoms with Crippen LogP contribution in [0.3, 0.4) is 0 Å². The van der Waals surface area contributed by atoms with Gasteiger partial charge < -0.3 is 5.32 Å². The Labute approximate surface area is 175 Å². The van der Waals surface area contributed by atoms with Crippen molar-refractivity contribution in [3.8, 4) is 22.4 Å². The fraction of sp³-hybridized carbons (Fsp3) is 0.0435. The minimum absolute atomic E-state index is 0.0476. The van der Waals surface area contributed by atoms with Gasteiger partial charge in [-0.3, -0.25) is 10.1 Å². The second-order valence-electron chi connectivity index (χ2n) is 6.75. The maximum absolute atomic E-state index is 14.1. The van der Waals surface area contributed by atoms with E-state index >= 15 is 0 Å². The van der Waals surface area contributed by atoms with Crippen LogP contribution in [0.5, 0.6) is 0 Å². The maximum atomic E-state index is 14.1. The lowest BCUT2D eigenvalue weighted by molar-refractivity contribution is 0.537. The quantitative estimate of drug-likeness (QED) is 0.405. The van der Waals surface area contributed by atoms with Crippen LogP contribution in [0.15, 0.2) is 67.5 Å². The van der Waals surface area contributed by atoms with Crippen LogP contribution >= 0.6 is 0 Å². The summed E-state index contributed by atoms with van der Waals surface area (Å²) in [4.78, 5) is 4.02. The number of rotatable bonds is 6. The van der Waals surface area contributed by atoms with Crippen molar-refractivity contribution in [1.29, 1.82) is 0 Å². The van der Waals surface area contributed by atoms with Crippen molar-refractivity contribution in [2.45, 2.75) is 6.54 Å². The number of H-pyrrole nitrogens is 1. The second-order valence-corrected chi connectivity index (χ2v) is 6.75. The van der Waals surface area contributed by atoms with E-state index in [9.17, 15) is 17.6 Å². The van der Waals surface area contributed by atoms with Crippen LogP contribution in [-0.2, 0) is 6.54 Å². The minimum Gasteiger partial charge on any atom is -0.379 e. The lowest BCUT2D eigenvalue weighted by atomic mass is 9.99. The molecule has 0 atom stereocenters. The molecular formula is C23H16F4N4. The van der Waals surface area contributed by atoms with Crippen molar-refractivity contribution in [2.24, 2.45) is 0 Å². The molecule has 2 heterocycles. The number of pyridine rings is 1. The van der Waals surface area contributed by atoms with E-state index < -0.39 is 23.0 Å². The van der Waals surface area contributed by atoms with Gasteiger partial charge in [-0.1, -0.05) is 6.58 Å². The zero-order valence-corrected chi connectivity index (χ0v) is 16.1. The molecule has 0 fully saturated rings.